The number of aliphatic carboxylic acids is 1. The van der Waals surface area contributed by atoms with Gasteiger partial charge in [-0.3, -0.25) is 15.0 Å². The Morgan fingerprint density at radius 1 is 1.24 bits per heavy atom. The van der Waals surface area contributed by atoms with E-state index in [2.05, 4.69) is 10.8 Å². The van der Waals surface area contributed by atoms with Crippen molar-refractivity contribution in [2.24, 2.45) is 11.5 Å². The van der Waals surface area contributed by atoms with Crippen LogP contribution in [0.4, 0.5) is 0 Å². The topological polar surface area (TPSA) is 198 Å². The molecule has 2 aromatic carbocycles. The fraction of sp³-hybridized carbons (Fsp3) is 0.318. The van der Waals surface area contributed by atoms with Gasteiger partial charge in [-0.15, -0.1) is 0 Å². The molecule has 0 aromatic heterocycles. The van der Waals surface area contributed by atoms with E-state index in [-0.39, 0.29) is 23.2 Å². The molecule has 1 amide bonds. The summed E-state index contributed by atoms with van der Waals surface area (Å²) in [7, 11) is -4.51. The number of carboxylic acid groups (broad SMARTS) is 1. The lowest BCUT2D eigenvalue weighted by molar-refractivity contribution is -0.140. The normalized spacial score (nSPS) is 19.8. The van der Waals surface area contributed by atoms with Gasteiger partial charge in [-0.05, 0) is 30.5 Å². The fourth-order valence-electron chi connectivity index (χ4n) is 3.61. The number of sulfone groups is 1. The van der Waals surface area contributed by atoms with Crippen LogP contribution in [0.25, 0.3) is 0 Å². The third-order valence-corrected chi connectivity index (χ3v) is 8.00. The van der Waals surface area contributed by atoms with E-state index < -0.39 is 39.2 Å². The molecule has 12 heteroatoms. The van der Waals surface area contributed by atoms with Gasteiger partial charge in [0.15, 0.2) is 0 Å². The van der Waals surface area contributed by atoms with Crippen molar-refractivity contribution < 1.29 is 28.0 Å². The average Bonchev–Trinajstić information content (AvgIpc) is 3.25. The lowest BCUT2D eigenvalue weighted by Gasteiger charge is -2.26. The van der Waals surface area contributed by atoms with Crippen LogP contribution in [0.5, 0.6) is 0 Å². The number of benzene rings is 2. The zero-order chi connectivity index (χ0) is 25.1. The summed E-state index contributed by atoms with van der Waals surface area (Å²) in [6.07, 6.45) is -0.210. The van der Waals surface area contributed by atoms with Crippen LogP contribution >= 0.6 is 0 Å². The number of carboxylic acids is 1. The summed E-state index contributed by atoms with van der Waals surface area (Å²) in [5.74, 6) is -2.42. The lowest BCUT2D eigenvalue weighted by atomic mass is 9.99. The van der Waals surface area contributed by atoms with Crippen LogP contribution in [0.1, 0.15) is 35.6 Å². The molecule has 0 spiro atoms. The Kier molecular flexibility index (Phi) is 7.36. The van der Waals surface area contributed by atoms with Crippen molar-refractivity contribution in [3.63, 3.8) is 0 Å². The highest BCUT2D eigenvalue weighted by molar-refractivity contribution is 7.93. The second-order valence-corrected chi connectivity index (χ2v) is 10.3. The van der Waals surface area contributed by atoms with Crippen molar-refractivity contribution in [2.45, 2.75) is 41.7 Å². The molecule has 3 rings (SSSR count). The Labute approximate surface area is 196 Å². The van der Waals surface area contributed by atoms with E-state index in [0.717, 1.165) is 5.56 Å². The van der Waals surface area contributed by atoms with Crippen molar-refractivity contribution in [2.75, 3.05) is 6.54 Å². The maximum atomic E-state index is 13.0. The molecule has 1 saturated heterocycles. The molecule has 1 aliphatic heterocycles. The quantitative estimate of drug-likeness (QED) is 0.212. The summed E-state index contributed by atoms with van der Waals surface area (Å²) in [4.78, 5) is 26.8. The number of amidine groups is 1. The van der Waals surface area contributed by atoms with Crippen molar-refractivity contribution >= 4 is 27.5 Å². The molecule has 0 saturated carbocycles. The van der Waals surface area contributed by atoms with Crippen LogP contribution in [0.2, 0.25) is 0 Å². The van der Waals surface area contributed by atoms with E-state index in [1.165, 1.54) is 25.1 Å². The Balaban J connectivity index is 1.62. The van der Waals surface area contributed by atoms with Gasteiger partial charge in [0.1, 0.15) is 5.84 Å². The second kappa shape index (κ2) is 9.89. The van der Waals surface area contributed by atoms with Crippen LogP contribution in [-0.4, -0.2) is 48.8 Å². The number of amides is 1. The van der Waals surface area contributed by atoms with E-state index in [1.54, 1.807) is 30.3 Å². The molecule has 0 radical (unpaired) electrons. The molecule has 34 heavy (non-hydrogen) atoms. The average molecular weight is 490 g/mol. The Bertz CT molecular complexity index is 1200. The van der Waals surface area contributed by atoms with Crippen LogP contribution in [0, 0.1) is 12.3 Å². The highest BCUT2D eigenvalue weighted by Gasteiger charge is 2.49. The Hall–Kier alpha value is -3.32. The molecule has 1 aliphatic rings. The van der Waals surface area contributed by atoms with Gasteiger partial charge in [-0.1, -0.05) is 42.5 Å². The predicted octanol–water partition coefficient (Wildman–Crippen LogP) is 0.333. The number of nitrogens with one attached hydrogen (secondary N) is 3. The van der Waals surface area contributed by atoms with Gasteiger partial charge in [0.25, 0.3) is 0 Å². The summed E-state index contributed by atoms with van der Waals surface area (Å²) in [5, 5.41) is 19.4. The fourth-order valence-corrected chi connectivity index (χ4v) is 5.24. The molecule has 182 valence electrons. The minimum absolute atomic E-state index is 0.0430. The molecule has 1 heterocycles. The number of aryl methyl sites for hydroxylation is 1. The van der Waals surface area contributed by atoms with E-state index >= 15 is 0 Å². The minimum Gasteiger partial charge on any atom is -0.479 e. The highest BCUT2D eigenvalue weighted by Crippen LogP contribution is 2.28. The minimum atomic E-state index is -4.51. The number of rotatable bonds is 9. The van der Waals surface area contributed by atoms with Crippen molar-refractivity contribution in [1.82, 2.24) is 10.8 Å². The number of carbonyl (C=O) groups excluding carboxylic acids is 1. The molecule has 1 fully saturated rings. The number of hydrogen-bond acceptors (Lipinski definition) is 8. The van der Waals surface area contributed by atoms with Gasteiger partial charge >= 0.3 is 5.97 Å². The van der Waals surface area contributed by atoms with Crippen LogP contribution in [-0.2, 0) is 24.3 Å². The summed E-state index contributed by atoms with van der Waals surface area (Å²) in [5.41, 5.74) is 15.9. The summed E-state index contributed by atoms with van der Waals surface area (Å²) in [6, 6.07) is 12.7. The first-order valence-corrected chi connectivity index (χ1v) is 11.9. The third-order valence-electron chi connectivity index (χ3n) is 5.69. The second-order valence-electron chi connectivity index (χ2n) is 8.13. The zero-order valence-electron chi connectivity index (χ0n) is 18.4. The third kappa shape index (κ3) is 5.09. The number of nitrogens with two attached hydrogens (primary N) is 2. The molecule has 0 aliphatic carbocycles. The van der Waals surface area contributed by atoms with E-state index in [0.29, 0.717) is 17.5 Å². The number of nitrogen functional groups attached to an aromatic ring is 1. The molecule has 8 N–H and O–H groups in total. The van der Waals surface area contributed by atoms with Crippen LogP contribution in [0.3, 0.4) is 0 Å². The molecule has 2 aromatic rings. The van der Waals surface area contributed by atoms with E-state index in [1.807, 2.05) is 0 Å². The highest BCUT2D eigenvalue weighted by atomic mass is 32.2. The van der Waals surface area contributed by atoms with Gasteiger partial charge in [-0.25, -0.2) is 13.2 Å². The van der Waals surface area contributed by atoms with Crippen LogP contribution in [0.15, 0.2) is 53.4 Å². The van der Waals surface area contributed by atoms with Gasteiger partial charge in [0.05, 0.1) is 30.0 Å². The van der Waals surface area contributed by atoms with Crippen molar-refractivity contribution in [3.8, 4) is 0 Å². The predicted molar refractivity (Wildman–Crippen MR) is 123 cm³/mol. The summed E-state index contributed by atoms with van der Waals surface area (Å²) >= 11 is 0. The summed E-state index contributed by atoms with van der Waals surface area (Å²) < 4.78 is 26.1. The molecular formula is C22H27N5O6S. The number of hydrogen-bond donors (Lipinski definition) is 6. The molecule has 11 nitrogen and oxygen atoms in total. The number of hydroxylamine groups is 1. The largest absolute Gasteiger partial charge is 0.479 e. The first-order valence-electron chi connectivity index (χ1n) is 10.4. The van der Waals surface area contributed by atoms with Crippen molar-refractivity contribution in [1.29, 1.82) is 5.41 Å². The smallest absolute Gasteiger partial charge is 0.341 e. The standard InChI is InChI=1S/C22H27N5O6S/c1-13-4-2-3-5-18(13)34(31,32)22(25,21(29)30)12-26-19(28)11-16-10-17(27-33-16)14-6-8-15(9-7-14)20(23)24/h2-9,16-17,27H,10-12,25H2,1H3,(H3,23,24)(H,26,28)(H,29,30)/t16-,17+,22+/m1/s1. The first-order chi connectivity index (χ1) is 16.0. The van der Waals surface area contributed by atoms with Gasteiger partial charge in [-0.2, -0.15) is 5.48 Å². The van der Waals surface area contributed by atoms with Crippen LogP contribution < -0.4 is 22.3 Å². The van der Waals surface area contributed by atoms with Gasteiger partial charge in [0.2, 0.25) is 20.6 Å². The lowest BCUT2D eigenvalue weighted by Crippen LogP contribution is -2.61. The monoisotopic (exact) mass is 489 g/mol. The summed E-state index contributed by atoms with van der Waals surface area (Å²) in [6.45, 7) is 0.718. The maximum absolute atomic E-state index is 13.0. The number of carbonyl (C=O) groups is 2. The van der Waals surface area contributed by atoms with Gasteiger partial charge in [0, 0.05) is 5.56 Å². The first kappa shape index (κ1) is 25.3. The molecule has 0 unspecified atom stereocenters. The van der Waals surface area contributed by atoms with Gasteiger partial charge < -0.3 is 21.9 Å². The maximum Gasteiger partial charge on any atom is 0.341 e. The van der Waals surface area contributed by atoms with E-state index in [9.17, 15) is 23.1 Å². The zero-order valence-corrected chi connectivity index (χ0v) is 19.3. The Morgan fingerprint density at radius 2 is 1.88 bits per heavy atom. The SMILES string of the molecule is Cc1ccccc1S(=O)(=O)[C@@](N)(CNC(=O)C[C@H]1C[C@@H](c2ccc(C(=N)N)cc2)NO1)C(=O)O. The molecule has 3 atom stereocenters. The molecular weight excluding hydrogens is 462 g/mol. The van der Waals surface area contributed by atoms with E-state index in [4.69, 9.17) is 21.7 Å². The molecule has 0 bridgehead atoms. The Morgan fingerprint density at radius 3 is 2.47 bits per heavy atom. The van der Waals surface area contributed by atoms with Crippen molar-refractivity contribution in [3.05, 3.63) is 65.2 Å².